The Morgan fingerprint density at radius 3 is 2.25 bits per heavy atom. The number of nitrogens with zero attached hydrogens (tertiary/aromatic N) is 1. The first kappa shape index (κ1) is 12.8. The fourth-order valence-corrected chi connectivity index (χ4v) is 2.32. The van der Waals surface area contributed by atoms with Crippen molar-refractivity contribution in [1.82, 2.24) is 5.32 Å². The molecule has 0 aliphatic heterocycles. The van der Waals surface area contributed by atoms with Gasteiger partial charge in [-0.05, 0) is 16.7 Å². The second kappa shape index (κ2) is 3.96. The summed E-state index contributed by atoms with van der Waals surface area (Å²) in [5, 5.41) is 13.9. The van der Waals surface area contributed by atoms with Gasteiger partial charge in [0.05, 0.1) is 6.42 Å². The van der Waals surface area contributed by atoms with Crippen LogP contribution in [0.1, 0.15) is 34.1 Å². The minimum atomic E-state index is -0.200. The summed E-state index contributed by atoms with van der Waals surface area (Å²) >= 11 is 0. The van der Waals surface area contributed by atoms with Gasteiger partial charge in [-0.3, -0.25) is 4.79 Å². The summed E-state index contributed by atoms with van der Waals surface area (Å²) in [5.41, 5.74) is 5.76. The van der Waals surface area contributed by atoms with Crippen molar-refractivity contribution in [2.24, 2.45) is 27.6 Å². The molecule has 5 nitrogen and oxygen atoms in total. The molecule has 1 rings (SSSR count). The highest BCUT2D eigenvalue weighted by atomic mass is 16.4. The summed E-state index contributed by atoms with van der Waals surface area (Å²) in [6, 6.07) is 0. The maximum absolute atomic E-state index is 11.4. The molecule has 0 atom stereocenters. The van der Waals surface area contributed by atoms with E-state index in [0.717, 1.165) is 0 Å². The van der Waals surface area contributed by atoms with Crippen LogP contribution in [0.5, 0.6) is 0 Å². The number of oxime groups is 1. The molecule has 0 aromatic rings. The van der Waals surface area contributed by atoms with E-state index in [0.29, 0.717) is 12.5 Å². The van der Waals surface area contributed by atoms with Crippen molar-refractivity contribution in [1.29, 1.82) is 0 Å². The van der Waals surface area contributed by atoms with Gasteiger partial charge >= 0.3 is 0 Å². The van der Waals surface area contributed by atoms with E-state index in [-0.39, 0.29) is 29.0 Å². The maximum atomic E-state index is 11.4. The molecular formula is C11H21N3O2. The molecule has 1 fully saturated rings. The first-order valence-corrected chi connectivity index (χ1v) is 5.46. The molecule has 0 aromatic heterocycles. The van der Waals surface area contributed by atoms with Crippen LogP contribution >= 0.6 is 0 Å². The molecule has 0 bridgehead atoms. The Bertz CT molecular complexity index is 307. The quantitative estimate of drug-likeness (QED) is 0.289. The summed E-state index contributed by atoms with van der Waals surface area (Å²) in [4.78, 5) is 11.4. The number of nitrogens with two attached hydrogens (primary N) is 1. The van der Waals surface area contributed by atoms with Gasteiger partial charge in [-0.2, -0.15) is 0 Å². The monoisotopic (exact) mass is 227 g/mol. The fourth-order valence-electron chi connectivity index (χ4n) is 2.32. The Balaban J connectivity index is 2.35. The van der Waals surface area contributed by atoms with Crippen molar-refractivity contribution in [3.63, 3.8) is 0 Å². The Kier molecular flexibility index (Phi) is 3.17. The van der Waals surface area contributed by atoms with Gasteiger partial charge in [0, 0.05) is 6.54 Å². The van der Waals surface area contributed by atoms with E-state index in [1.165, 1.54) is 0 Å². The first-order chi connectivity index (χ1) is 7.23. The van der Waals surface area contributed by atoms with Gasteiger partial charge < -0.3 is 16.3 Å². The van der Waals surface area contributed by atoms with Gasteiger partial charge in [0.1, 0.15) is 5.84 Å². The van der Waals surface area contributed by atoms with Gasteiger partial charge in [-0.25, -0.2) is 0 Å². The highest BCUT2D eigenvalue weighted by Crippen LogP contribution is 2.67. The maximum Gasteiger partial charge on any atom is 0.227 e. The molecule has 0 spiro atoms. The van der Waals surface area contributed by atoms with Crippen LogP contribution in [0.15, 0.2) is 5.16 Å². The van der Waals surface area contributed by atoms with Crippen LogP contribution in [0.4, 0.5) is 0 Å². The predicted octanol–water partition coefficient (Wildman–Crippen LogP) is 0.921. The third kappa shape index (κ3) is 2.13. The first-order valence-electron chi connectivity index (χ1n) is 5.46. The van der Waals surface area contributed by atoms with Crippen molar-refractivity contribution in [3.05, 3.63) is 0 Å². The average Bonchev–Trinajstić information content (AvgIpc) is 2.54. The molecule has 0 heterocycles. The van der Waals surface area contributed by atoms with Gasteiger partial charge in [0.15, 0.2) is 0 Å². The standard InChI is InChI=1S/C11H21N3O2/c1-10(2)7(11(10,3)4)6-13-9(15)5-8(12)14-16/h7,16H,5-6H2,1-4H3,(H2,12,14)(H,13,15). The average molecular weight is 227 g/mol. The van der Waals surface area contributed by atoms with Crippen molar-refractivity contribution in [2.75, 3.05) is 6.54 Å². The number of hydrogen-bond donors (Lipinski definition) is 3. The van der Waals surface area contributed by atoms with Crippen molar-refractivity contribution in [3.8, 4) is 0 Å². The zero-order chi connectivity index (χ0) is 12.6. The van der Waals surface area contributed by atoms with E-state index in [2.05, 4.69) is 38.2 Å². The van der Waals surface area contributed by atoms with Crippen LogP contribution in [-0.4, -0.2) is 23.5 Å². The molecule has 0 aromatic carbocycles. The molecule has 1 aliphatic rings. The number of amides is 1. The van der Waals surface area contributed by atoms with E-state index in [9.17, 15) is 4.79 Å². The lowest BCUT2D eigenvalue weighted by Gasteiger charge is -2.05. The summed E-state index contributed by atoms with van der Waals surface area (Å²) in [7, 11) is 0. The van der Waals surface area contributed by atoms with Crippen molar-refractivity contribution >= 4 is 11.7 Å². The van der Waals surface area contributed by atoms with Gasteiger partial charge in [0.2, 0.25) is 5.91 Å². The molecule has 0 saturated heterocycles. The number of carbonyl (C=O) groups is 1. The Morgan fingerprint density at radius 2 is 1.88 bits per heavy atom. The second-order valence-electron chi connectivity index (χ2n) is 5.57. The largest absolute Gasteiger partial charge is 0.409 e. The van der Waals surface area contributed by atoms with Gasteiger partial charge in [0.25, 0.3) is 0 Å². The summed E-state index contributed by atoms with van der Waals surface area (Å²) in [6.07, 6.45) is -0.0515. The minimum absolute atomic E-state index is 0.0515. The summed E-state index contributed by atoms with van der Waals surface area (Å²) < 4.78 is 0. The van der Waals surface area contributed by atoms with E-state index >= 15 is 0 Å². The number of rotatable bonds is 4. The molecule has 92 valence electrons. The molecule has 4 N–H and O–H groups in total. The molecule has 16 heavy (non-hydrogen) atoms. The lowest BCUT2D eigenvalue weighted by atomic mass is 10.0. The van der Waals surface area contributed by atoms with Crippen LogP contribution in [0, 0.1) is 16.7 Å². The molecule has 1 saturated carbocycles. The van der Waals surface area contributed by atoms with Gasteiger partial charge in [-0.15, -0.1) is 0 Å². The van der Waals surface area contributed by atoms with E-state index in [1.807, 2.05) is 0 Å². The zero-order valence-corrected chi connectivity index (χ0v) is 10.4. The Labute approximate surface area is 96.1 Å². The van der Waals surface area contributed by atoms with E-state index < -0.39 is 0 Å². The van der Waals surface area contributed by atoms with Crippen molar-refractivity contribution < 1.29 is 10.0 Å². The van der Waals surface area contributed by atoms with Crippen LogP contribution in [0.2, 0.25) is 0 Å². The lowest BCUT2D eigenvalue weighted by molar-refractivity contribution is -0.120. The molecule has 0 radical (unpaired) electrons. The fraction of sp³-hybridized carbons (Fsp3) is 0.818. The normalized spacial score (nSPS) is 22.9. The van der Waals surface area contributed by atoms with Gasteiger partial charge in [-0.1, -0.05) is 32.9 Å². The SMILES string of the molecule is CC1(C)C(CNC(=O)CC(N)=NO)C1(C)C. The topological polar surface area (TPSA) is 87.7 Å². The summed E-state index contributed by atoms with van der Waals surface area (Å²) in [5.74, 6) is 0.219. The third-order valence-electron chi connectivity index (χ3n) is 4.29. The Hall–Kier alpha value is -1.26. The van der Waals surface area contributed by atoms with Crippen LogP contribution in [0.25, 0.3) is 0 Å². The minimum Gasteiger partial charge on any atom is -0.409 e. The molecule has 5 heteroatoms. The summed E-state index contributed by atoms with van der Waals surface area (Å²) in [6.45, 7) is 9.46. The predicted molar refractivity (Wildman–Crippen MR) is 62.1 cm³/mol. The van der Waals surface area contributed by atoms with Crippen molar-refractivity contribution in [2.45, 2.75) is 34.1 Å². The van der Waals surface area contributed by atoms with E-state index in [1.54, 1.807) is 0 Å². The van der Waals surface area contributed by atoms with Crippen LogP contribution < -0.4 is 11.1 Å². The van der Waals surface area contributed by atoms with E-state index in [4.69, 9.17) is 10.9 Å². The zero-order valence-electron chi connectivity index (χ0n) is 10.4. The molecule has 1 amide bonds. The molecule has 1 aliphatic carbocycles. The highest BCUT2D eigenvalue weighted by molar-refractivity contribution is 5.98. The second-order valence-corrected chi connectivity index (χ2v) is 5.57. The Morgan fingerprint density at radius 1 is 1.38 bits per heavy atom. The van der Waals surface area contributed by atoms with Crippen LogP contribution in [0.3, 0.4) is 0 Å². The molecule has 0 unspecified atom stereocenters. The smallest absolute Gasteiger partial charge is 0.227 e. The third-order valence-corrected chi connectivity index (χ3v) is 4.29. The number of hydrogen-bond acceptors (Lipinski definition) is 3. The molecular weight excluding hydrogens is 206 g/mol. The number of nitrogens with one attached hydrogen (secondary N) is 1. The highest BCUT2D eigenvalue weighted by Gasteiger charge is 2.64. The van der Waals surface area contributed by atoms with Crippen LogP contribution in [-0.2, 0) is 4.79 Å². The lowest BCUT2D eigenvalue weighted by Crippen LogP contribution is -2.31. The number of amidine groups is 1. The number of carbonyl (C=O) groups excluding carboxylic acids is 1.